The van der Waals surface area contributed by atoms with E-state index in [0.29, 0.717) is 11.2 Å². The van der Waals surface area contributed by atoms with E-state index in [9.17, 15) is 43.5 Å². The molecule has 3 aromatic rings. The van der Waals surface area contributed by atoms with Gasteiger partial charge in [0.25, 0.3) is 5.92 Å². The number of rotatable bonds is 8. The standard InChI is InChI=1S/C28H27F8N3O3S2/c1-39-12-10-24(26(29,30)15-39)38-21-6-3-5-18-19(14-27(31,32)33)23(43-25(18)21)7-4-11-37-20-9-8-17(44(2,40)41)13-22(20)42-16-28(34,35)36/h3,5-6,8-9,13,24,37-38H,10-12,14-16H2,1-2H3. The van der Waals surface area contributed by atoms with Crippen LogP contribution in [-0.2, 0) is 16.3 Å². The maximum Gasteiger partial charge on any atom is 0.422 e. The maximum absolute atomic E-state index is 14.7. The highest BCUT2D eigenvalue weighted by atomic mass is 32.2. The number of hydrogen-bond acceptors (Lipinski definition) is 7. The minimum Gasteiger partial charge on any atom is -0.482 e. The minimum absolute atomic E-state index is 0.0200. The normalized spacial score (nSPS) is 17.6. The van der Waals surface area contributed by atoms with Crippen molar-refractivity contribution < 1.29 is 48.3 Å². The number of likely N-dealkylation sites (tertiary alicyclic amines) is 1. The van der Waals surface area contributed by atoms with Gasteiger partial charge in [0.1, 0.15) is 5.75 Å². The Bertz CT molecular complexity index is 1680. The molecule has 1 aliphatic rings. The van der Waals surface area contributed by atoms with Crippen molar-refractivity contribution in [1.29, 1.82) is 0 Å². The first kappa shape index (κ1) is 33.6. The highest BCUT2D eigenvalue weighted by molar-refractivity contribution is 7.90. The van der Waals surface area contributed by atoms with E-state index in [1.54, 1.807) is 7.05 Å². The minimum atomic E-state index is -4.70. The van der Waals surface area contributed by atoms with E-state index in [1.807, 2.05) is 0 Å². The van der Waals surface area contributed by atoms with Crippen LogP contribution in [0.25, 0.3) is 10.1 Å². The fraction of sp³-hybridized carbons (Fsp3) is 0.429. The van der Waals surface area contributed by atoms with Crippen molar-refractivity contribution in [2.45, 2.75) is 42.1 Å². The molecule has 2 heterocycles. The summed E-state index contributed by atoms with van der Waals surface area (Å²) in [5, 5.41) is 5.74. The third kappa shape index (κ3) is 8.66. The Morgan fingerprint density at radius 1 is 1.09 bits per heavy atom. The van der Waals surface area contributed by atoms with E-state index in [0.717, 1.165) is 29.7 Å². The molecule has 0 saturated carbocycles. The Morgan fingerprint density at radius 2 is 1.82 bits per heavy atom. The monoisotopic (exact) mass is 669 g/mol. The molecule has 0 spiro atoms. The van der Waals surface area contributed by atoms with Crippen molar-refractivity contribution in [1.82, 2.24) is 4.90 Å². The number of benzene rings is 2. The third-order valence-corrected chi connectivity index (χ3v) is 8.96. The Hall–Kier alpha value is -3.29. The van der Waals surface area contributed by atoms with Gasteiger partial charge in [-0.2, -0.15) is 26.3 Å². The molecular weight excluding hydrogens is 642 g/mol. The second-order valence-electron chi connectivity index (χ2n) is 10.4. The lowest BCUT2D eigenvalue weighted by Crippen LogP contribution is -2.53. The number of alkyl halides is 8. The Balaban J connectivity index is 1.63. The molecule has 1 saturated heterocycles. The largest absolute Gasteiger partial charge is 0.482 e. The number of nitrogens with zero attached hydrogens (tertiary/aromatic N) is 1. The lowest BCUT2D eigenvalue weighted by atomic mass is 10.0. The van der Waals surface area contributed by atoms with Crippen molar-refractivity contribution in [2.75, 3.05) is 50.2 Å². The van der Waals surface area contributed by atoms with Crippen LogP contribution in [0.4, 0.5) is 46.5 Å². The van der Waals surface area contributed by atoms with Crippen LogP contribution < -0.4 is 15.4 Å². The maximum atomic E-state index is 14.7. The van der Waals surface area contributed by atoms with Crippen LogP contribution >= 0.6 is 11.3 Å². The van der Waals surface area contributed by atoms with E-state index >= 15 is 0 Å². The van der Waals surface area contributed by atoms with Gasteiger partial charge in [-0.25, -0.2) is 17.2 Å². The summed E-state index contributed by atoms with van der Waals surface area (Å²) in [4.78, 5) is 1.26. The summed E-state index contributed by atoms with van der Waals surface area (Å²) in [6.07, 6.45) is -9.62. The molecule has 0 radical (unpaired) electrons. The van der Waals surface area contributed by atoms with Crippen LogP contribution in [0.2, 0.25) is 0 Å². The number of thiophene rings is 1. The molecule has 2 N–H and O–H groups in total. The average molecular weight is 670 g/mol. The molecule has 2 aromatic carbocycles. The molecule has 1 unspecified atom stereocenters. The third-order valence-electron chi connectivity index (χ3n) is 6.66. The van der Waals surface area contributed by atoms with Crippen molar-refractivity contribution in [3.63, 3.8) is 0 Å². The average Bonchev–Trinajstić information content (AvgIpc) is 3.22. The van der Waals surface area contributed by atoms with Gasteiger partial charge in [-0.05, 0) is 42.6 Å². The number of fused-ring (bicyclic) bond motifs is 1. The molecule has 1 aromatic heterocycles. The van der Waals surface area contributed by atoms with Crippen LogP contribution in [0.15, 0.2) is 41.3 Å². The van der Waals surface area contributed by atoms with Gasteiger partial charge in [0.05, 0.1) is 51.4 Å². The van der Waals surface area contributed by atoms with Crippen molar-refractivity contribution >= 4 is 42.6 Å². The summed E-state index contributed by atoms with van der Waals surface area (Å²) in [7, 11) is -2.19. The number of nitrogens with one attached hydrogen (secondary N) is 2. The summed E-state index contributed by atoms with van der Waals surface area (Å²) in [6.45, 7) is -2.00. The fourth-order valence-corrected chi connectivity index (χ4v) is 6.47. The number of anilines is 2. The molecule has 44 heavy (non-hydrogen) atoms. The van der Waals surface area contributed by atoms with Gasteiger partial charge in [0.2, 0.25) is 0 Å². The molecule has 4 rings (SSSR count). The molecule has 1 aliphatic heterocycles. The number of halogens is 8. The Morgan fingerprint density at radius 3 is 2.45 bits per heavy atom. The van der Waals surface area contributed by atoms with Crippen LogP contribution in [0.1, 0.15) is 16.9 Å². The predicted molar refractivity (Wildman–Crippen MR) is 153 cm³/mol. The highest BCUT2D eigenvalue weighted by Gasteiger charge is 2.44. The summed E-state index contributed by atoms with van der Waals surface area (Å²) < 4.78 is 137. The first-order valence-electron chi connectivity index (χ1n) is 13.0. The smallest absolute Gasteiger partial charge is 0.422 e. The molecule has 0 amide bonds. The van der Waals surface area contributed by atoms with E-state index in [1.165, 1.54) is 29.2 Å². The molecule has 0 aliphatic carbocycles. The van der Waals surface area contributed by atoms with Gasteiger partial charge in [-0.3, -0.25) is 0 Å². The summed E-state index contributed by atoms with van der Waals surface area (Å²) in [5.74, 6) is 1.83. The van der Waals surface area contributed by atoms with E-state index in [-0.39, 0.29) is 45.1 Å². The SMILES string of the molecule is CN1CCC(Nc2cccc3c(CC(F)(F)F)c(C#CCNc4ccc(S(C)(=O)=O)cc4OCC(F)(F)F)sc23)C(F)(F)C1. The van der Waals surface area contributed by atoms with E-state index in [4.69, 9.17) is 4.74 Å². The van der Waals surface area contributed by atoms with Crippen LogP contribution in [0, 0.1) is 11.8 Å². The molecule has 6 nitrogen and oxygen atoms in total. The van der Waals surface area contributed by atoms with Gasteiger partial charge in [-0.15, -0.1) is 11.3 Å². The Kier molecular flexibility index (Phi) is 9.62. The fourth-order valence-electron chi connectivity index (χ4n) is 4.66. The topological polar surface area (TPSA) is 70.7 Å². The molecule has 1 fully saturated rings. The van der Waals surface area contributed by atoms with Gasteiger partial charge in [0, 0.05) is 18.9 Å². The quantitative estimate of drug-likeness (QED) is 0.209. The number of sulfone groups is 1. The van der Waals surface area contributed by atoms with Crippen molar-refractivity contribution in [3.8, 4) is 17.6 Å². The van der Waals surface area contributed by atoms with Gasteiger partial charge in [0.15, 0.2) is 16.4 Å². The lowest BCUT2D eigenvalue weighted by molar-refractivity contribution is -0.153. The number of piperidine rings is 1. The molecule has 1 atom stereocenters. The lowest BCUT2D eigenvalue weighted by Gasteiger charge is -2.37. The van der Waals surface area contributed by atoms with Gasteiger partial charge in [-0.1, -0.05) is 24.0 Å². The molecule has 240 valence electrons. The summed E-state index contributed by atoms with van der Waals surface area (Å²) in [6, 6.07) is 6.50. The molecular formula is C28H27F8N3O3S2. The second-order valence-corrected chi connectivity index (χ2v) is 13.4. The molecule has 16 heteroatoms. The number of ether oxygens (including phenoxy) is 1. The molecule has 0 bridgehead atoms. The van der Waals surface area contributed by atoms with Crippen LogP contribution in [0.5, 0.6) is 5.75 Å². The van der Waals surface area contributed by atoms with Crippen LogP contribution in [-0.4, -0.2) is 77.2 Å². The zero-order valence-corrected chi connectivity index (χ0v) is 24.9. The van der Waals surface area contributed by atoms with E-state index in [2.05, 4.69) is 22.5 Å². The predicted octanol–water partition coefficient (Wildman–Crippen LogP) is 6.57. The Labute approximate surface area is 252 Å². The first-order chi connectivity index (χ1) is 20.3. The van der Waals surface area contributed by atoms with E-state index < -0.39 is 59.5 Å². The van der Waals surface area contributed by atoms with Gasteiger partial charge >= 0.3 is 12.4 Å². The number of hydrogen-bond donors (Lipinski definition) is 2. The van der Waals surface area contributed by atoms with Crippen LogP contribution in [0.3, 0.4) is 0 Å². The zero-order valence-electron chi connectivity index (χ0n) is 23.3. The van der Waals surface area contributed by atoms with Crippen molar-refractivity contribution in [3.05, 3.63) is 46.8 Å². The zero-order chi connectivity index (χ0) is 32.5. The first-order valence-corrected chi connectivity index (χ1v) is 15.7. The highest BCUT2D eigenvalue weighted by Crippen LogP contribution is 2.40. The van der Waals surface area contributed by atoms with Crippen molar-refractivity contribution in [2.24, 2.45) is 0 Å². The summed E-state index contributed by atoms with van der Waals surface area (Å²) in [5.41, 5.74) is 0.109. The van der Waals surface area contributed by atoms with Gasteiger partial charge < -0.3 is 20.3 Å². The second kappa shape index (κ2) is 12.6. The summed E-state index contributed by atoms with van der Waals surface area (Å²) >= 11 is 0.910.